The second-order valence-electron chi connectivity index (χ2n) is 5.07. The number of rotatable bonds is 3. The standard InChI is InChI=1S/C15H17FN4O/c1-2-9-3-4-10(7-12(9)16)18-15(21)14-11-8-17-6-5-13(11)19-20-14/h3-4,7,17H,2,5-6,8H2,1H3,(H,18,21)(H,19,20). The number of anilines is 1. The maximum absolute atomic E-state index is 13.7. The van der Waals surface area contributed by atoms with Crippen molar-refractivity contribution in [1.29, 1.82) is 0 Å². The highest BCUT2D eigenvalue weighted by atomic mass is 19.1. The molecular formula is C15H17FN4O. The summed E-state index contributed by atoms with van der Waals surface area (Å²) in [5.41, 5.74) is 3.33. The maximum atomic E-state index is 13.7. The van der Waals surface area contributed by atoms with E-state index in [4.69, 9.17) is 0 Å². The molecule has 110 valence electrons. The van der Waals surface area contributed by atoms with Gasteiger partial charge in [0.2, 0.25) is 0 Å². The van der Waals surface area contributed by atoms with Gasteiger partial charge in [0.05, 0.1) is 0 Å². The third-order valence-electron chi connectivity index (χ3n) is 3.71. The van der Waals surface area contributed by atoms with E-state index in [1.807, 2.05) is 6.92 Å². The predicted octanol–water partition coefficient (Wildman–Crippen LogP) is 2.01. The Balaban J connectivity index is 1.80. The fourth-order valence-electron chi connectivity index (χ4n) is 2.52. The van der Waals surface area contributed by atoms with Crippen molar-refractivity contribution in [3.63, 3.8) is 0 Å². The molecule has 3 N–H and O–H groups in total. The average Bonchev–Trinajstić information content (AvgIpc) is 2.91. The second-order valence-corrected chi connectivity index (χ2v) is 5.07. The van der Waals surface area contributed by atoms with E-state index in [0.29, 0.717) is 29.9 Å². The van der Waals surface area contributed by atoms with Gasteiger partial charge in [-0.05, 0) is 24.1 Å². The summed E-state index contributed by atoms with van der Waals surface area (Å²) in [7, 11) is 0. The molecule has 5 nitrogen and oxygen atoms in total. The molecule has 2 aromatic rings. The Morgan fingerprint density at radius 2 is 2.33 bits per heavy atom. The minimum absolute atomic E-state index is 0.305. The molecule has 0 atom stereocenters. The van der Waals surface area contributed by atoms with Gasteiger partial charge < -0.3 is 10.6 Å². The van der Waals surface area contributed by atoms with Crippen molar-refractivity contribution < 1.29 is 9.18 Å². The van der Waals surface area contributed by atoms with Crippen LogP contribution in [0.25, 0.3) is 0 Å². The van der Waals surface area contributed by atoms with E-state index in [1.165, 1.54) is 6.07 Å². The van der Waals surface area contributed by atoms with E-state index >= 15 is 0 Å². The first-order chi connectivity index (χ1) is 10.2. The van der Waals surface area contributed by atoms with E-state index in [2.05, 4.69) is 20.8 Å². The second kappa shape index (κ2) is 5.65. The van der Waals surface area contributed by atoms with Crippen molar-refractivity contribution >= 4 is 11.6 Å². The lowest BCUT2D eigenvalue weighted by Crippen LogP contribution is -2.25. The van der Waals surface area contributed by atoms with Crippen LogP contribution >= 0.6 is 0 Å². The normalized spacial score (nSPS) is 13.8. The zero-order valence-corrected chi connectivity index (χ0v) is 11.8. The molecule has 1 aromatic heterocycles. The highest BCUT2D eigenvalue weighted by Gasteiger charge is 2.21. The Bertz CT molecular complexity index is 680. The molecular weight excluding hydrogens is 271 g/mol. The molecule has 0 fully saturated rings. The van der Waals surface area contributed by atoms with Crippen LogP contribution in [0.1, 0.15) is 34.2 Å². The van der Waals surface area contributed by atoms with Crippen molar-refractivity contribution in [2.75, 3.05) is 11.9 Å². The molecule has 0 spiro atoms. The number of aromatic amines is 1. The lowest BCUT2D eigenvalue weighted by Gasteiger charge is -2.13. The quantitative estimate of drug-likeness (QED) is 0.809. The molecule has 3 rings (SSSR count). The van der Waals surface area contributed by atoms with E-state index in [1.54, 1.807) is 12.1 Å². The summed E-state index contributed by atoms with van der Waals surface area (Å²) in [6, 6.07) is 4.73. The van der Waals surface area contributed by atoms with Crippen molar-refractivity contribution in [3.05, 3.63) is 46.5 Å². The number of halogens is 1. The summed E-state index contributed by atoms with van der Waals surface area (Å²) in [5, 5.41) is 12.9. The average molecular weight is 288 g/mol. The molecule has 0 unspecified atom stereocenters. The van der Waals surface area contributed by atoms with Crippen LogP contribution in [0.3, 0.4) is 0 Å². The van der Waals surface area contributed by atoms with Crippen LogP contribution in [0, 0.1) is 5.82 Å². The molecule has 21 heavy (non-hydrogen) atoms. The Morgan fingerprint density at radius 1 is 1.48 bits per heavy atom. The number of nitrogens with one attached hydrogen (secondary N) is 3. The molecule has 1 aliphatic rings. The van der Waals surface area contributed by atoms with Crippen molar-refractivity contribution in [1.82, 2.24) is 15.5 Å². The van der Waals surface area contributed by atoms with Gasteiger partial charge in [-0.2, -0.15) is 5.10 Å². The summed E-state index contributed by atoms with van der Waals surface area (Å²) < 4.78 is 13.7. The van der Waals surface area contributed by atoms with E-state index < -0.39 is 0 Å². The Labute approximate surface area is 121 Å². The highest BCUT2D eigenvalue weighted by Crippen LogP contribution is 2.19. The summed E-state index contributed by atoms with van der Waals surface area (Å²) in [5.74, 6) is -0.624. The molecule has 0 bridgehead atoms. The Hall–Kier alpha value is -2.21. The van der Waals surface area contributed by atoms with Gasteiger partial charge in [-0.3, -0.25) is 9.89 Å². The number of aryl methyl sites for hydroxylation is 1. The lowest BCUT2D eigenvalue weighted by molar-refractivity contribution is 0.102. The molecule has 1 aromatic carbocycles. The molecule has 0 saturated carbocycles. The fraction of sp³-hybridized carbons (Fsp3) is 0.333. The largest absolute Gasteiger partial charge is 0.320 e. The zero-order chi connectivity index (χ0) is 14.8. The van der Waals surface area contributed by atoms with Crippen LogP contribution in [0.4, 0.5) is 10.1 Å². The first-order valence-electron chi connectivity index (χ1n) is 7.05. The van der Waals surface area contributed by atoms with Crippen LogP contribution in [-0.4, -0.2) is 22.6 Å². The van der Waals surface area contributed by atoms with Gasteiger partial charge in [-0.25, -0.2) is 4.39 Å². The van der Waals surface area contributed by atoms with Crippen molar-refractivity contribution in [3.8, 4) is 0 Å². The minimum atomic E-state index is -0.320. The number of aromatic nitrogens is 2. The van der Waals surface area contributed by atoms with Gasteiger partial charge in [-0.15, -0.1) is 0 Å². The molecule has 6 heteroatoms. The van der Waals surface area contributed by atoms with Gasteiger partial charge in [-0.1, -0.05) is 13.0 Å². The number of amides is 1. The van der Waals surface area contributed by atoms with Gasteiger partial charge in [0.15, 0.2) is 5.69 Å². The van der Waals surface area contributed by atoms with Crippen LogP contribution in [0.5, 0.6) is 0 Å². The summed E-state index contributed by atoms with van der Waals surface area (Å²) >= 11 is 0. The lowest BCUT2D eigenvalue weighted by atomic mass is 10.1. The summed E-state index contributed by atoms with van der Waals surface area (Å²) in [4.78, 5) is 12.3. The first kappa shape index (κ1) is 13.8. The number of hydrogen-bond acceptors (Lipinski definition) is 3. The van der Waals surface area contributed by atoms with Gasteiger partial charge in [0.1, 0.15) is 5.82 Å². The monoisotopic (exact) mass is 288 g/mol. The zero-order valence-electron chi connectivity index (χ0n) is 11.8. The molecule has 0 saturated heterocycles. The summed E-state index contributed by atoms with van der Waals surface area (Å²) in [6.07, 6.45) is 1.45. The molecule has 2 heterocycles. The van der Waals surface area contributed by atoms with Crippen LogP contribution < -0.4 is 10.6 Å². The number of H-pyrrole nitrogens is 1. The van der Waals surface area contributed by atoms with Gasteiger partial charge in [0, 0.05) is 36.5 Å². The SMILES string of the molecule is CCc1ccc(NC(=O)c2n[nH]c3c2CNCC3)cc1F. The Morgan fingerprint density at radius 3 is 3.10 bits per heavy atom. The predicted molar refractivity (Wildman–Crippen MR) is 77.7 cm³/mol. The van der Waals surface area contributed by atoms with Crippen LogP contribution in [0.2, 0.25) is 0 Å². The van der Waals surface area contributed by atoms with Crippen LogP contribution in [0.15, 0.2) is 18.2 Å². The topological polar surface area (TPSA) is 69.8 Å². The molecule has 0 radical (unpaired) electrons. The molecule has 0 aliphatic carbocycles. The maximum Gasteiger partial charge on any atom is 0.276 e. The highest BCUT2D eigenvalue weighted by molar-refractivity contribution is 6.04. The van der Waals surface area contributed by atoms with E-state index in [9.17, 15) is 9.18 Å². The molecule has 1 aliphatic heterocycles. The van der Waals surface area contributed by atoms with Crippen molar-refractivity contribution in [2.45, 2.75) is 26.3 Å². The van der Waals surface area contributed by atoms with E-state index in [0.717, 1.165) is 24.2 Å². The van der Waals surface area contributed by atoms with E-state index in [-0.39, 0.29) is 11.7 Å². The third kappa shape index (κ3) is 2.67. The van der Waals surface area contributed by atoms with Crippen molar-refractivity contribution in [2.24, 2.45) is 0 Å². The first-order valence-corrected chi connectivity index (χ1v) is 7.05. The molecule has 1 amide bonds. The van der Waals surface area contributed by atoms with Gasteiger partial charge >= 0.3 is 0 Å². The number of fused-ring (bicyclic) bond motifs is 1. The Kier molecular flexibility index (Phi) is 3.70. The number of benzene rings is 1. The third-order valence-corrected chi connectivity index (χ3v) is 3.71. The fourth-order valence-corrected chi connectivity index (χ4v) is 2.52. The number of carbonyl (C=O) groups is 1. The van der Waals surface area contributed by atoms with Gasteiger partial charge in [0.25, 0.3) is 5.91 Å². The number of carbonyl (C=O) groups excluding carboxylic acids is 1. The minimum Gasteiger partial charge on any atom is -0.320 e. The van der Waals surface area contributed by atoms with Crippen LogP contribution in [-0.2, 0) is 19.4 Å². The number of hydrogen-bond donors (Lipinski definition) is 3. The summed E-state index contributed by atoms with van der Waals surface area (Å²) in [6.45, 7) is 3.39. The smallest absolute Gasteiger partial charge is 0.276 e. The number of nitrogens with zero attached hydrogens (tertiary/aromatic N) is 1.